The molecular formula is C120H120O24. The van der Waals surface area contributed by atoms with Crippen LogP contribution in [0.1, 0.15) is 339 Å². The van der Waals surface area contributed by atoms with Crippen molar-refractivity contribution in [3.05, 3.63) is 279 Å². The van der Waals surface area contributed by atoms with Crippen molar-refractivity contribution in [2.75, 3.05) is 54.3 Å². The molecule has 744 valence electrons. The van der Waals surface area contributed by atoms with E-state index in [1.807, 2.05) is 97.1 Å². The van der Waals surface area contributed by atoms with Crippen molar-refractivity contribution in [3.8, 4) is 138 Å². The van der Waals surface area contributed by atoms with Gasteiger partial charge in [-0.3, -0.25) is 0 Å². The molecule has 144 heavy (non-hydrogen) atoms. The van der Waals surface area contributed by atoms with Crippen molar-refractivity contribution in [1.82, 2.24) is 0 Å². The van der Waals surface area contributed by atoms with E-state index in [1.54, 1.807) is 0 Å². The highest BCUT2D eigenvalue weighted by atomic mass is 16.7. The van der Waals surface area contributed by atoms with Gasteiger partial charge in [0, 0.05) is 136 Å². The zero-order valence-corrected chi connectivity index (χ0v) is 82.9. The van der Waals surface area contributed by atoms with E-state index in [0.29, 0.717) is 234 Å². The lowest BCUT2D eigenvalue weighted by molar-refractivity contribution is 0.0868. The number of benzene rings is 12. The third-order valence-electron chi connectivity index (χ3n) is 31.3. The number of para-hydroxylation sites is 8. The molecule has 0 N–H and O–H groups in total. The lowest BCUT2D eigenvalue weighted by Gasteiger charge is -2.38. The first-order valence-corrected chi connectivity index (χ1v) is 52.1. The maximum atomic E-state index is 7.65. The maximum Gasteiger partial charge on any atom is 0.230 e. The van der Waals surface area contributed by atoms with Crippen LogP contribution >= 0.6 is 0 Å². The predicted molar refractivity (Wildman–Crippen MR) is 535 cm³/mol. The summed E-state index contributed by atoms with van der Waals surface area (Å²) >= 11 is 0. The SMILES string of the molecule is CCCC1c2cc3c4c5c2OCOc2c1cc1c6c2COc2ccccc2OCc2c7c8cc9c2OCOc2c(cc%10c%11c2COc2ccccc2OCc2c(c(cc%12c2OCOc2c(cc(c(c2COc2ccccc2OCc2c%13c(cc(c2OCO%11)C%10CCC)C(CCC)c2cc(c(c(c2OCO%13)COc2ccccc2OC5)OCO7)C8CCC)OCO4)C3CCC)C%12CCC)C1CCC)OCO6)C9CCC. The highest BCUT2D eigenvalue weighted by Gasteiger charge is 2.48. The Morgan fingerprint density at radius 3 is 0.333 bits per heavy atom. The van der Waals surface area contributed by atoms with Crippen LogP contribution in [0.5, 0.6) is 138 Å². The van der Waals surface area contributed by atoms with Gasteiger partial charge < -0.3 is 114 Å². The molecule has 0 radical (unpaired) electrons. The van der Waals surface area contributed by atoms with Crippen molar-refractivity contribution < 1.29 is 114 Å². The molecule has 24 nitrogen and oxygen atoms in total. The van der Waals surface area contributed by atoms with Gasteiger partial charge in [0.25, 0.3) is 0 Å². The van der Waals surface area contributed by atoms with E-state index in [2.05, 4.69) is 104 Å². The summed E-state index contributed by atoms with van der Waals surface area (Å²) in [5, 5.41) is 0. The molecule has 24 heteroatoms. The maximum absolute atomic E-state index is 7.65. The Morgan fingerprint density at radius 1 is 0.146 bits per heavy atom. The van der Waals surface area contributed by atoms with Crippen LogP contribution in [0.3, 0.4) is 0 Å². The molecule has 0 aliphatic carbocycles. The Bertz CT molecular complexity index is 5560. The van der Waals surface area contributed by atoms with Crippen molar-refractivity contribution >= 4 is 0 Å². The summed E-state index contributed by atoms with van der Waals surface area (Å²) in [6, 6.07) is 50.5. The van der Waals surface area contributed by atoms with Gasteiger partial charge >= 0.3 is 0 Å². The third kappa shape index (κ3) is 15.4. The minimum absolute atomic E-state index is 0.0872. The van der Waals surface area contributed by atoms with Gasteiger partial charge in [0.15, 0.2) is 46.0 Å². The van der Waals surface area contributed by atoms with Crippen molar-refractivity contribution in [3.63, 3.8) is 0 Å². The predicted octanol–water partition coefficient (Wildman–Crippen LogP) is 27.2. The molecule has 12 aromatic rings. The second-order valence-electron chi connectivity index (χ2n) is 39.6. The molecule has 12 aromatic carbocycles. The highest BCUT2D eigenvalue weighted by Crippen LogP contribution is 2.65. The Morgan fingerprint density at radius 2 is 0.243 bits per heavy atom. The minimum Gasteiger partial charge on any atom is -0.485 e. The molecule has 15 aliphatic rings. The number of hydrogen-bond acceptors (Lipinski definition) is 24. The fourth-order valence-corrected chi connectivity index (χ4v) is 25.2. The molecule has 15 aliphatic heterocycles. The molecule has 15 heterocycles. The topological polar surface area (TPSA) is 222 Å². The Labute approximate surface area is 838 Å². The summed E-state index contributed by atoms with van der Waals surface area (Å²) in [6.45, 7) is 15.0. The Hall–Kier alpha value is -14.2. The van der Waals surface area contributed by atoms with E-state index in [-0.39, 0.29) is 107 Å². The first kappa shape index (κ1) is 91.1. The van der Waals surface area contributed by atoms with Crippen molar-refractivity contribution in [1.29, 1.82) is 0 Å². The van der Waals surface area contributed by atoms with Crippen LogP contribution in [-0.2, 0) is 52.9 Å². The van der Waals surface area contributed by atoms with Crippen LogP contribution in [0.4, 0.5) is 0 Å². The number of ether oxygens (including phenoxy) is 24. The van der Waals surface area contributed by atoms with Gasteiger partial charge in [0.05, 0.1) is 44.5 Å². The fourth-order valence-electron chi connectivity index (χ4n) is 25.2. The van der Waals surface area contributed by atoms with Crippen LogP contribution in [0, 0.1) is 0 Å². The third-order valence-corrected chi connectivity index (χ3v) is 31.3. The molecule has 38 bridgehead atoms. The largest absolute Gasteiger partial charge is 0.485 e. The van der Waals surface area contributed by atoms with Crippen molar-refractivity contribution in [2.45, 2.75) is 258 Å². The van der Waals surface area contributed by atoms with E-state index in [4.69, 9.17) is 114 Å². The van der Waals surface area contributed by atoms with Gasteiger partial charge in [-0.25, -0.2) is 0 Å². The highest BCUT2D eigenvalue weighted by molar-refractivity contribution is 5.75. The second-order valence-corrected chi connectivity index (χ2v) is 39.6. The van der Waals surface area contributed by atoms with E-state index in [9.17, 15) is 0 Å². The van der Waals surface area contributed by atoms with E-state index >= 15 is 0 Å². The molecule has 0 aromatic heterocycles. The number of hydrogen-bond donors (Lipinski definition) is 0. The molecule has 0 amide bonds. The quantitative estimate of drug-likeness (QED) is 0.0877. The van der Waals surface area contributed by atoms with Gasteiger partial charge in [-0.2, -0.15) is 0 Å². The average Bonchev–Trinajstić information content (AvgIpc) is 0.718. The Balaban J connectivity index is 0.876. The van der Waals surface area contributed by atoms with Crippen LogP contribution < -0.4 is 114 Å². The van der Waals surface area contributed by atoms with Gasteiger partial charge in [-0.05, 0) is 148 Å². The molecular weight excluding hydrogens is 1830 g/mol. The number of fused-ring (bicyclic) bond motifs is 8. The first-order valence-electron chi connectivity index (χ1n) is 52.1. The van der Waals surface area contributed by atoms with Crippen molar-refractivity contribution in [2.24, 2.45) is 0 Å². The van der Waals surface area contributed by atoms with Crippen LogP contribution in [0.25, 0.3) is 0 Å². The molecule has 0 unspecified atom stereocenters. The van der Waals surface area contributed by atoms with Crippen LogP contribution in [-0.4, -0.2) is 54.3 Å². The van der Waals surface area contributed by atoms with E-state index in [1.165, 1.54) is 0 Å². The number of rotatable bonds is 16. The molecule has 0 atom stereocenters. The minimum atomic E-state index is -0.466. The molecule has 0 spiro atoms. The monoisotopic (exact) mass is 1940 g/mol. The summed E-state index contributed by atoms with van der Waals surface area (Å²) in [6.07, 6.45) is 10.8. The molecule has 0 saturated heterocycles. The Kier molecular flexibility index (Phi) is 24.4. The zero-order valence-electron chi connectivity index (χ0n) is 82.9. The lowest BCUT2D eigenvalue weighted by atomic mass is 9.74. The van der Waals surface area contributed by atoms with Gasteiger partial charge in [0.2, 0.25) is 54.3 Å². The van der Waals surface area contributed by atoms with E-state index in [0.717, 1.165) is 140 Å². The summed E-state index contributed by atoms with van der Waals surface area (Å²) in [4.78, 5) is 0. The lowest BCUT2D eigenvalue weighted by Crippen LogP contribution is -2.26. The average molecular weight is 1950 g/mol. The van der Waals surface area contributed by atoms with Crippen LogP contribution in [0.2, 0.25) is 0 Å². The summed E-state index contributed by atoms with van der Waals surface area (Å²) in [5.74, 6) is 8.67. The second kappa shape index (κ2) is 38.5. The summed E-state index contributed by atoms with van der Waals surface area (Å²) in [7, 11) is 0. The van der Waals surface area contributed by atoms with E-state index < -0.39 is 47.3 Å². The summed E-state index contributed by atoms with van der Waals surface area (Å²) < 4.78 is 182. The van der Waals surface area contributed by atoms with Crippen LogP contribution in [0.15, 0.2) is 146 Å². The molecule has 27 rings (SSSR count). The van der Waals surface area contributed by atoms with Gasteiger partial charge in [-0.1, -0.05) is 155 Å². The first-order chi connectivity index (χ1) is 71.1. The zero-order chi connectivity index (χ0) is 96.9. The molecule has 0 saturated carbocycles. The fraction of sp³-hybridized carbons (Fsp3) is 0.400. The normalized spacial score (nSPS) is 20.2. The smallest absolute Gasteiger partial charge is 0.230 e. The standard InChI is InChI=1S/C120H120O24/c1-9-25-65-73-41-75-66(26-10-2)77-43-79-68(28-12-4)80-44-78-67(27-11-3)76-42-74(65)106-90-50-122-98-34-18-20-36-100(98)124-54-94-114-82-46-84-71(31-15-7)86-48-88-72(32-16-8)87-47-85-70(30-14-6)83-45-81(69(82)29-13-5)113(137-61-138-114)93-53-123-99-35-19-17-33-97(99)121-49-89(105(73)129-57-130-106)107(75)131-58-133-109(77)91-51-125-101-37-21-23-39-103(101)127-55-95(117(85)141-62-139-115(83)93)119(87)143-64-144-120(88)96(118(86)142-63-140-116(84)94)56-128-104-40-24-22-38-102(104)126-52-92(110(78)134-59-132-108(76)90)112(80)136-60-135-111(79)91/h17-24,33-48,65-72H,9-16,25-32,49-64H2,1-8H3. The molecule has 0 fully saturated rings. The van der Waals surface area contributed by atoms with Gasteiger partial charge in [-0.15, -0.1) is 0 Å². The summed E-state index contributed by atoms with van der Waals surface area (Å²) in [5.41, 5.74) is 19.7. The van der Waals surface area contributed by atoms with Gasteiger partial charge in [0.1, 0.15) is 145 Å².